The summed E-state index contributed by atoms with van der Waals surface area (Å²) >= 11 is 0. The van der Waals surface area contributed by atoms with E-state index in [1.807, 2.05) is 25.1 Å². The number of aliphatic imine (C=N–C) groups is 1. The Bertz CT molecular complexity index is 363. The zero-order valence-corrected chi connectivity index (χ0v) is 11.6. The number of nitrogens with one attached hydrogen (secondary N) is 1. The number of hydrogen-bond donors (Lipinski definition) is 2. The lowest BCUT2D eigenvalue weighted by Crippen LogP contribution is -2.31. The van der Waals surface area contributed by atoms with Crippen molar-refractivity contribution in [2.45, 2.75) is 13.5 Å². The molecule has 0 bridgehead atoms. The minimum atomic E-state index is 0. The largest absolute Gasteiger partial charge is 0.370 e. The second-order valence-electron chi connectivity index (χ2n) is 3.14. The van der Waals surface area contributed by atoms with E-state index in [0.29, 0.717) is 19.0 Å². The molecule has 3 N–H and O–H groups in total. The maximum atomic E-state index is 5.61. The fourth-order valence-electron chi connectivity index (χ4n) is 1.09. The summed E-state index contributed by atoms with van der Waals surface area (Å²) in [7, 11) is 0. The number of nitrogens with two attached hydrogens (primary N) is 1. The van der Waals surface area contributed by atoms with Crippen molar-refractivity contribution in [1.29, 1.82) is 0 Å². The van der Waals surface area contributed by atoms with E-state index in [9.17, 15) is 0 Å². The van der Waals surface area contributed by atoms with E-state index >= 15 is 0 Å². The Morgan fingerprint density at radius 2 is 2.38 bits per heavy atom. The van der Waals surface area contributed by atoms with Gasteiger partial charge in [-0.1, -0.05) is 12.1 Å². The number of aryl methyl sites for hydroxylation is 1. The molecule has 0 saturated carbocycles. The van der Waals surface area contributed by atoms with Crippen LogP contribution < -0.4 is 11.1 Å². The van der Waals surface area contributed by atoms with Crippen molar-refractivity contribution in [3.8, 4) is 0 Å². The normalized spacial score (nSPS) is 10.4. The molecule has 0 aromatic carbocycles. The van der Waals surface area contributed by atoms with Crippen molar-refractivity contribution in [2.24, 2.45) is 10.7 Å². The lowest BCUT2D eigenvalue weighted by atomic mass is 10.3. The number of guanidine groups is 1. The third kappa shape index (κ3) is 5.69. The molecule has 0 saturated heterocycles. The van der Waals surface area contributed by atoms with Crippen LogP contribution in [0.5, 0.6) is 0 Å². The van der Waals surface area contributed by atoms with Crippen LogP contribution in [-0.4, -0.2) is 17.5 Å². The van der Waals surface area contributed by atoms with Gasteiger partial charge >= 0.3 is 0 Å². The highest BCUT2D eigenvalue weighted by Gasteiger charge is 1.93. The van der Waals surface area contributed by atoms with Crippen LogP contribution in [0.2, 0.25) is 0 Å². The summed E-state index contributed by atoms with van der Waals surface area (Å²) in [6, 6.07) is 5.84. The van der Waals surface area contributed by atoms with Crippen LogP contribution in [0.1, 0.15) is 11.4 Å². The smallest absolute Gasteiger partial charge is 0.189 e. The molecule has 0 amide bonds. The van der Waals surface area contributed by atoms with Gasteiger partial charge in [0.25, 0.3) is 0 Å². The third-order valence-corrected chi connectivity index (χ3v) is 1.78. The molecule has 0 spiro atoms. The van der Waals surface area contributed by atoms with Crippen molar-refractivity contribution in [1.82, 2.24) is 10.3 Å². The average Bonchev–Trinajstić information content (AvgIpc) is 2.23. The van der Waals surface area contributed by atoms with Crippen LogP contribution in [0, 0.1) is 6.92 Å². The Morgan fingerprint density at radius 3 is 3.00 bits per heavy atom. The zero-order chi connectivity index (χ0) is 11.1. The molecule has 0 radical (unpaired) electrons. The molecule has 1 rings (SSSR count). The standard InChI is InChI=1S/C11H16N4.HI/c1-3-7-13-11(12)14-8-10-6-4-5-9(2)15-10;/h3-6H,1,7-8H2,2H3,(H3,12,13,14);1H. The van der Waals surface area contributed by atoms with Gasteiger partial charge in [-0.3, -0.25) is 4.98 Å². The molecular formula is C11H17IN4. The molecular weight excluding hydrogens is 315 g/mol. The minimum Gasteiger partial charge on any atom is -0.370 e. The van der Waals surface area contributed by atoms with Crippen molar-refractivity contribution in [3.05, 3.63) is 42.2 Å². The maximum Gasteiger partial charge on any atom is 0.189 e. The van der Waals surface area contributed by atoms with Crippen molar-refractivity contribution < 1.29 is 0 Å². The Kier molecular flexibility index (Phi) is 7.53. The number of nitrogens with zero attached hydrogens (tertiary/aromatic N) is 2. The van der Waals surface area contributed by atoms with Crippen molar-refractivity contribution in [2.75, 3.05) is 6.54 Å². The number of halogens is 1. The van der Waals surface area contributed by atoms with E-state index in [-0.39, 0.29) is 24.0 Å². The summed E-state index contributed by atoms with van der Waals surface area (Å²) in [4.78, 5) is 8.46. The van der Waals surface area contributed by atoms with E-state index in [1.54, 1.807) is 6.08 Å². The zero-order valence-electron chi connectivity index (χ0n) is 9.31. The van der Waals surface area contributed by atoms with Gasteiger partial charge in [-0.25, -0.2) is 4.99 Å². The summed E-state index contributed by atoms with van der Waals surface area (Å²) in [5.74, 6) is 0.415. The lowest BCUT2D eigenvalue weighted by molar-refractivity contribution is 0.930. The Morgan fingerprint density at radius 1 is 1.62 bits per heavy atom. The molecule has 0 aliphatic carbocycles. The molecule has 1 heterocycles. The predicted octanol–water partition coefficient (Wildman–Crippen LogP) is 1.60. The first-order valence-electron chi connectivity index (χ1n) is 4.79. The van der Waals surface area contributed by atoms with E-state index in [4.69, 9.17) is 5.73 Å². The van der Waals surface area contributed by atoms with Crippen LogP contribution in [0.4, 0.5) is 0 Å². The van der Waals surface area contributed by atoms with Crippen LogP contribution in [0.15, 0.2) is 35.8 Å². The highest BCUT2D eigenvalue weighted by molar-refractivity contribution is 14.0. The molecule has 88 valence electrons. The molecule has 0 fully saturated rings. The summed E-state index contributed by atoms with van der Waals surface area (Å²) in [6.07, 6.45) is 1.73. The Hall–Kier alpha value is -1.11. The van der Waals surface area contributed by atoms with Crippen molar-refractivity contribution in [3.63, 3.8) is 0 Å². The number of hydrogen-bond acceptors (Lipinski definition) is 2. The molecule has 4 nitrogen and oxygen atoms in total. The van der Waals surface area contributed by atoms with Crippen LogP contribution >= 0.6 is 24.0 Å². The molecule has 1 aromatic rings. The molecule has 0 aliphatic heterocycles. The summed E-state index contributed by atoms with van der Waals surface area (Å²) in [6.45, 7) is 6.65. The van der Waals surface area contributed by atoms with E-state index < -0.39 is 0 Å². The lowest BCUT2D eigenvalue weighted by Gasteiger charge is -2.02. The van der Waals surface area contributed by atoms with Crippen LogP contribution in [0.3, 0.4) is 0 Å². The topological polar surface area (TPSA) is 63.3 Å². The third-order valence-electron chi connectivity index (χ3n) is 1.78. The van der Waals surface area contributed by atoms with Gasteiger partial charge in [-0.2, -0.15) is 0 Å². The Labute approximate surface area is 113 Å². The number of pyridine rings is 1. The summed E-state index contributed by atoms with van der Waals surface area (Å²) in [5, 5.41) is 2.90. The highest BCUT2D eigenvalue weighted by Crippen LogP contribution is 1.99. The van der Waals surface area contributed by atoms with Gasteiger partial charge in [0, 0.05) is 12.2 Å². The molecule has 0 atom stereocenters. The first kappa shape index (κ1) is 14.9. The van der Waals surface area contributed by atoms with E-state index in [0.717, 1.165) is 11.4 Å². The van der Waals surface area contributed by atoms with Gasteiger partial charge in [0.1, 0.15) is 0 Å². The van der Waals surface area contributed by atoms with Crippen molar-refractivity contribution >= 4 is 29.9 Å². The fraction of sp³-hybridized carbons (Fsp3) is 0.273. The van der Waals surface area contributed by atoms with Crippen LogP contribution in [0.25, 0.3) is 0 Å². The minimum absolute atomic E-state index is 0. The SMILES string of the molecule is C=CCNC(N)=NCc1cccc(C)n1.I. The first-order chi connectivity index (χ1) is 7.22. The van der Waals surface area contributed by atoms with Gasteiger partial charge in [-0.05, 0) is 19.1 Å². The quantitative estimate of drug-likeness (QED) is 0.381. The fourth-order valence-corrected chi connectivity index (χ4v) is 1.09. The van der Waals surface area contributed by atoms with Gasteiger partial charge < -0.3 is 11.1 Å². The first-order valence-corrected chi connectivity index (χ1v) is 4.79. The maximum absolute atomic E-state index is 5.61. The molecule has 16 heavy (non-hydrogen) atoms. The second kappa shape index (κ2) is 8.09. The summed E-state index contributed by atoms with van der Waals surface area (Å²) < 4.78 is 0. The number of rotatable bonds is 4. The monoisotopic (exact) mass is 332 g/mol. The molecule has 0 unspecified atom stereocenters. The van der Waals surface area contributed by atoms with Gasteiger partial charge in [0.15, 0.2) is 5.96 Å². The molecule has 5 heteroatoms. The van der Waals surface area contributed by atoms with E-state index in [2.05, 4.69) is 21.9 Å². The molecule has 0 aliphatic rings. The van der Waals surface area contributed by atoms with Gasteiger partial charge in [-0.15, -0.1) is 30.6 Å². The number of aromatic nitrogens is 1. The van der Waals surface area contributed by atoms with Gasteiger partial charge in [0.2, 0.25) is 0 Å². The van der Waals surface area contributed by atoms with E-state index in [1.165, 1.54) is 0 Å². The second-order valence-corrected chi connectivity index (χ2v) is 3.14. The van der Waals surface area contributed by atoms with Crippen LogP contribution in [-0.2, 0) is 6.54 Å². The summed E-state index contributed by atoms with van der Waals surface area (Å²) in [5.41, 5.74) is 7.51. The highest BCUT2D eigenvalue weighted by atomic mass is 127. The Balaban J connectivity index is 0.00000225. The average molecular weight is 332 g/mol. The van der Waals surface area contributed by atoms with Gasteiger partial charge in [0.05, 0.1) is 12.2 Å². The predicted molar refractivity (Wildman–Crippen MR) is 77.9 cm³/mol. The molecule has 1 aromatic heterocycles.